The number of hydrogen-bond donors (Lipinski definition) is 0. The van der Waals surface area contributed by atoms with Crippen LogP contribution in [0.4, 0.5) is 13.2 Å². The van der Waals surface area contributed by atoms with Gasteiger partial charge in [0.25, 0.3) is 0 Å². The quantitative estimate of drug-likeness (QED) is 0.252. The van der Waals surface area contributed by atoms with E-state index in [0.29, 0.717) is 17.9 Å². The van der Waals surface area contributed by atoms with Gasteiger partial charge in [0.1, 0.15) is 12.4 Å². The average molecular weight is 542 g/mol. The average Bonchev–Trinajstić information content (AvgIpc) is 3.38. The number of methoxy groups -OCH3 is 1. The number of alkyl halides is 3. The lowest BCUT2D eigenvalue weighted by molar-refractivity contribution is -0.140. The minimum Gasteiger partial charge on any atom is -0.380 e. The maximum Gasteiger partial charge on any atom is 0.406 e. The van der Waals surface area contributed by atoms with Crippen LogP contribution in [0.25, 0.3) is 22.1 Å². The first kappa shape index (κ1) is 29.6. The topological polar surface area (TPSA) is 66.9 Å². The molecule has 0 aliphatic rings. The van der Waals surface area contributed by atoms with Crippen molar-refractivity contribution in [2.24, 2.45) is 7.05 Å². The number of imidazole rings is 2. The second kappa shape index (κ2) is 13.7. The molecule has 5 rings (SSSR count). The van der Waals surface area contributed by atoms with Gasteiger partial charge in [0.15, 0.2) is 0 Å². The molecule has 0 bridgehead atoms. The molecule has 10 heteroatoms. The van der Waals surface area contributed by atoms with Crippen LogP contribution in [-0.2, 0) is 31.5 Å². The first-order chi connectivity index (χ1) is 18.7. The number of ether oxygens (including phenoxy) is 1. The van der Waals surface area contributed by atoms with Crippen molar-refractivity contribution in [1.82, 2.24) is 23.7 Å². The number of fused-ring (bicyclic) bond motifs is 2. The Labute approximate surface area is 225 Å². The van der Waals surface area contributed by atoms with Crippen molar-refractivity contribution in [1.29, 1.82) is 0 Å². The van der Waals surface area contributed by atoms with Crippen LogP contribution in [0.2, 0.25) is 0 Å². The van der Waals surface area contributed by atoms with Gasteiger partial charge in [-0.05, 0) is 23.8 Å². The molecule has 0 N–H and O–H groups in total. The predicted octanol–water partition coefficient (Wildman–Crippen LogP) is 6.33. The molecule has 0 aliphatic heterocycles. The fourth-order valence-corrected chi connectivity index (χ4v) is 3.87. The summed E-state index contributed by atoms with van der Waals surface area (Å²) < 4.78 is 47.4. The van der Waals surface area contributed by atoms with E-state index in [1.165, 1.54) is 41.4 Å². The zero-order valence-electron chi connectivity index (χ0n) is 22.7. The van der Waals surface area contributed by atoms with Gasteiger partial charge in [0.05, 0.1) is 41.4 Å². The van der Waals surface area contributed by atoms with Gasteiger partial charge in [0.2, 0.25) is 0 Å². The second-order valence-corrected chi connectivity index (χ2v) is 8.93. The van der Waals surface area contributed by atoms with Crippen molar-refractivity contribution < 1.29 is 17.9 Å². The Bertz CT molecular complexity index is 1520. The smallest absolute Gasteiger partial charge is 0.380 e. The van der Waals surface area contributed by atoms with Gasteiger partial charge in [-0.2, -0.15) is 13.2 Å². The molecule has 0 fully saturated rings. The van der Waals surface area contributed by atoms with Crippen molar-refractivity contribution >= 4 is 22.1 Å². The molecular weight excluding hydrogens is 507 g/mol. The zero-order chi connectivity index (χ0) is 28.4. The number of nitrogens with zero attached hydrogens (tertiary/aromatic N) is 5. The predicted molar refractivity (Wildman–Crippen MR) is 148 cm³/mol. The Kier molecular flexibility index (Phi) is 10.4. The standard InChI is InChI=1S/C17H14F3N5O.C8H10O.C4H10/c1-23-12-5-3-2-4-11(12)22-15(23)9-24-14-8-21-7-6-13(14)25(16(24)26)10-17(18,19)20;1-9-7-8-5-3-2-4-6-8;1-3-4-2/h2-8H,9-10H2,1H3;2-6H,7H2,1H3;3-4H2,1-2H3. The molecule has 0 radical (unpaired) electrons. The van der Waals surface area contributed by atoms with Crippen LogP contribution >= 0.6 is 0 Å². The van der Waals surface area contributed by atoms with Gasteiger partial charge < -0.3 is 9.30 Å². The summed E-state index contributed by atoms with van der Waals surface area (Å²) in [5.74, 6) is 0.572. The van der Waals surface area contributed by atoms with Gasteiger partial charge >= 0.3 is 11.9 Å². The van der Waals surface area contributed by atoms with Gasteiger partial charge in [-0.3, -0.25) is 14.1 Å². The fraction of sp³-hybridized carbons (Fsp3) is 0.345. The van der Waals surface area contributed by atoms with E-state index in [0.717, 1.165) is 15.6 Å². The van der Waals surface area contributed by atoms with Crippen molar-refractivity contribution in [3.63, 3.8) is 0 Å². The van der Waals surface area contributed by atoms with E-state index in [1.807, 2.05) is 66.2 Å². The number of benzene rings is 2. The summed E-state index contributed by atoms with van der Waals surface area (Å²) in [7, 11) is 3.51. The van der Waals surface area contributed by atoms with Crippen molar-refractivity contribution in [2.75, 3.05) is 7.11 Å². The molecule has 2 aromatic carbocycles. The first-order valence-corrected chi connectivity index (χ1v) is 12.7. The third-order valence-electron chi connectivity index (χ3n) is 5.99. The maximum atomic E-state index is 12.9. The lowest BCUT2D eigenvalue weighted by Gasteiger charge is -2.07. The normalized spacial score (nSPS) is 11.2. The number of para-hydroxylation sites is 2. The molecule has 3 heterocycles. The highest BCUT2D eigenvalue weighted by atomic mass is 19.4. The fourth-order valence-electron chi connectivity index (χ4n) is 3.87. The van der Waals surface area contributed by atoms with Crippen LogP contribution in [0.1, 0.15) is 38.1 Å². The monoisotopic (exact) mass is 541 g/mol. The molecule has 39 heavy (non-hydrogen) atoms. The summed E-state index contributed by atoms with van der Waals surface area (Å²) >= 11 is 0. The summed E-state index contributed by atoms with van der Waals surface area (Å²) in [6, 6.07) is 19.0. The van der Waals surface area contributed by atoms with Crippen LogP contribution < -0.4 is 5.69 Å². The zero-order valence-corrected chi connectivity index (χ0v) is 22.7. The van der Waals surface area contributed by atoms with Crippen LogP contribution in [-0.4, -0.2) is 37.0 Å². The Balaban J connectivity index is 0.000000268. The summed E-state index contributed by atoms with van der Waals surface area (Å²) in [5, 5.41) is 0. The molecule has 0 amide bonds. The number of pyridine rings is 1. The van der Waals surface area contributed by atoms with Crippen molar-refractivity contribution in [3.05, 3.63) is 94.9 Å². The number of unbranched alkanes of at least 4 members (excludes halogenated alkanes) is 1. The highest BCUT2D eigenvalue weighted by Crippen LogP contribution is 2.21. The molecule has 0 saturated heterocycles. The van der Waals surface area contributed by atoms with E-state index in [4.69, 9.17) is 4.74 Å². The highest BCUT2D eigenvalue weighted by molar-refractivity contribution is 5.76. The van der Waals surface area contributed by atoms with Crippen LogP contribution in [0, 0.1) is 0 Å². The summed E-state index contributed by atoms with van der Waals surface area (Å²) in [5.41, 5.74) is 2.66. The SMILES string of the molecule is CCCC.COCc1ccccc1.Cn1c(Cn2c(=O)n(CC(F)(F)F)c3ccncc32)nc2ccccc21. The van der Waals surface area contributed by atoms with E-state index in [1.54, 1.807) is 7.11 Å². The molecule has 0 spiro atoms. The van der Waals surface area contributed by atoms with E-state index in [9.17, 15) is 18.0 Å². The highest BCUT2D eigenvalue weighted by Gasteiger charge is 2.31. The minimum absolute atomic E-state index is 0.0526. The van der Waals surface area contributed by atoms with E-state index in [2.05, 4.69) is 23.8 Å². The van der Waals surface area contributed by atoms with Gasteiger partial charge in [-0.1, -0.05) is 69.2 Å². The largest absolute Gasteiger partial charge is 0.406 e. The number of hydrogen-bond acceptors (Lipinski definition) is 4. The number of aryl methyl sites for hydroxylation is 1. The molecule has 3 aromatic heterocycles. The van der Waals surface area contributed by atoms with Crippen molar-refractivity contribution in [2.45, 2.75) is 52.6 Å². The molecule has 5 aromatic rings. The van der Waals surface area contributed by atoms with Crippen LogP contribution in [0.15, 0.2) is 77.9 Å². The van der Waals surface area contributed by atoms with Crippen molar-refractivity contribution in [3.8, 4) is 0 Å². The summed E-state index contributed by atoms with van der Waals surface area (Å²) in [6.07, 6.45) is 0.907. The minimum atomic E-state index is -4.50. The molecular formula is C29H34F3N5O2. The first-order valence-electron chi connectivity index (χ1n) is 12.7. The number of halogens is 3. The second-order valence-electron chi connectivity index (χ2n) is 8.93. The Hall–Kier alpha value is -3.92. The molecule has 7 nitrogen and oxygen atoms in total. The molecule has 208 valence electrons. The van der Waals surface area contributed by atoms with Crippen LogP contribution in [0.3, 0.4) is 0 Å². The van der Waals surface area contributed by atoms with E-state index >= 15 is 0 Å². The molecule has 0 atom stereocenters. The maximum absolute atomic E-state index is 12.9. The van der Waals surface area contributed by atoms with Gasteiger partial charge in [0, 0.05) is 20.4 Å². The van der Waals surface area contributed by atoms with Gasteiger partial charge in [-0.25, -0.2) is 9.78 Å². The molecule has 0 saturated carbocycles. The van der Waals surface area contributed by atoms with E-state index < -0.39 is 18.4 Å². The third kappa shape index (κ3) is 7.79. The Morgan fingerprint density at radius 3 is 2.15 bits per heavy atom. The third-order valence-corrected chi connectivity index (χ3v) is 5.99. The Morgan fingerprint density at radius 2 is 1.54 bits per heavy atom. The van der Waals surface area contributed by atoms with Crippen LogP contribution in [0.5, 0.6) is 0 Å². The van der Waals surface area contributed by atoms with Gasteiger partial charge in [-0.15, -0.1) is 0 Å². The number of aromatic nitrogens is 5. The molecule has 0 unspecified atom stereocenters. The lowest BCUT2D eigenvalue weighted by atomic mass is 10.2. The van der Waals surface area contributed by atoms with E-state index in [-0.39, 0.29) is 12.1 Å². The Morgan fingerprint density at radius 1 is 0.872 bits per heavy atom. The summed E-state index contributed by atoms with van der Waals surface area (Å²) in [6.45, 7) is 3.78. The molecule has 0 aliphatic carbocycles. The summed E-state index contributed by atoms with van der Waals surface area (Å²) in [4.78, 5) is 21.1. The lowest BCUT2D eigenvalue weighted by Crippen LogP contribution is -2.30. The number of rotatable bonds is 6.